The summed E-state index contributed by atoms with van der Waals surface area (Å²) in [4.78, 5) is 0.118. The maximum absolute atomic E-state index is 11.5. The van der Waals surface area contributed by atoms with Gasteiger partial charge in [-0.2, -0.15) is 0 Å². The standard InChI is InChI=1S/C7H2BCl5OS/c8-1-15(14)7-5(12)3(10)2(9)4(11)6(7)13/h1,8H. The fourth-order valence-corrected chi connectivity index (χ4v) is 3.28. The van der Waals surface area contributed by atoms with Crippen molar-refractivity contribution in [1.29, 1.82) is 0 Å². The Hall–Kier alpha value is 0.915. The Morgan fingerprint density at radius 3 is 1.53 bits per heavy atom. The Kier molecular flexibility index (Phi) is 5.12. The maximum atomic E-state index is 11.5. The predicted molar refractivity (Wildman–Crippen MR) is 71.1 cm³/mol. The van der Waals surface area contributed by atoms with Gasteiger partial charge in [0.2, 0.25) is 0 Å². The second-order valence-electron chi connectivity index (χ2n) is 2.36. The Bertz CT molecular complexity index is 395. The second kappa shape index (κ2) is 5.50. The van der Waals surface area contributed by atoms with E-state index in [4.69, 9.17) is 58.0 Å². The topological polar surface area (TPSA) is 23.1 Å². The summed E-state index contributed by atoms with van der Waals surface area (Å²) >= 11 is 27.4. The third-order valence-electron chi connectivity index (χ3n) is 1.52. The molecule has 0 radical (unpaired) electrons. The SMILES string of the molecule is B=C[S+]([O-])c1c(Cl)c(Cl)c(Cl)c(Cl)c1Cl. The zero-order valence-electron chi connectivity index (χ0n) is 6.99. The van der Waals surface area contributed by atoms with Crippen LogP contribution in [0.3, 0.4) is 0 Å². The van der Waals surface area contributed by atoms with Crippen LogP contribution in [0, 0.1) is 0 Å². The molecule has 0 heterocycles. The summed E-state index contributed by atoms with van der Waals surface area (Å²) < 4.78 is 11.5. The first-order valence-electron chi connectivity index (χ1n) is 3.46. The molecule has 1 aromatic rings. The normalized spacial score (nSPS) is 12.6. The van der Waals surface area contributed by atoms with Gasteiger partial charge in [-0.1, -0.05) is 0 Å². The summed E-state index contributed by atoms with van der Waals surface area (Å²) in [7, 11) is 3.36. The van der Waals surface area contributed by atoms with E-state index < -0.39 is 11.2 Å². The van der Waals surface area contributed by atoms with Crippen molar-refractivity contribution in [3.63, 3.8) is 0 Å². The van der Waals surface area contributed by atoms with Crippen LogP contribution in [0.1, 0.15) is 0 Å². The summed E-state index contributed by atoms with van der Waals surface area (Å²) in [6.45, 7) is 0. The Labute approximate surface area is 116 Å². The number of rotatable bonds is 2. The molecule has 0 N–H and O–H groups in total. The van der Waals surface area contributed by atoms with Crippen LogP contribution >= 0.6 is 58.0 Å². The predicted octanol–water partition coefficient (Wildman–Crippen LogP) is 3.72. The van der Waals surface area contributed by atoms with Gasteiger partial charge in [-0.25, -0.2) is 0 Å². The van der Waals surface area contributed by atoms with Crippen LogP contribution in [0.4, 0.5) is 0 Å². The number of halogens is 5. The third kappa shape index (κ3) is 2.60. The molecule has 1 rings (SSSR count). The van der Waals surface area contributed by atoms with Crippen molar-refractivity contribution in [3.8, 4) is 0 Å². The fraction of sp³-hybridized carbons (Fsp3) is 0. The second-order valence-corrected chi connectivity index (χ2v) is 5.59. The molecular formula is C7H2BCl5OS. The van der Waals surface area contributed by atoms with Crippen LogP contribution < -0.4 is 0 Å². The molecule has 1 nitrogen and oxygen atoms in total. The summed E-state index contributed by atoms with van der Waals surface area (Å²) in [5, 5.41) is 1.31. The zero-order chi connectivity index (χ0) is 11.7. The number of hydrogen-bond acceptors (Lipinski definition) is 1. The zero-order valence-corrected chi connectivity index (χ0v) is 11.6. The van der Waals surface area contributed by atoms with E-state index in [1.807, 2.05) is 0 Å². The first kappa shape index (κ1) is 14.0. The Morgan fingerprint density at radius 1 is 0.867 bits per heavy atom. The van der Waals surface area contributed by atoms with Gasteiger partial charge in [0.05, 0.1) is 0 Å². The fourth-order valence-electron chi connectivity index (χ4n) is 0.845. The van der Waals surface area contributed by atoms with Gasteiger partial charge < -0.3 is 0 Å². The van der Waals surface area contributed by atoms with Crippen LogP contribution in [-0.2, 0) is 11.2 Å². The van der Waals surface area contributed by atoms with Crippen LogP contribution in [0.25, 0.3) is 0 Å². The monoisotopic (exact) mass is 320 g/mol. The van der Waals surface area contributed by atoms with E-state index in [0.717, 1.165) is 0 Å². The van der Waals surface area contributed by atoms with Crippen molar-refractivity contribution < 1.29 is 4.55 Å². The van der Waals surface area contributed by atoms with Crippen molar-refractivity contribution in [2.75, 3.05) is 0 Å². The van der Waals surface area contributed by atoms with Gasteiger partial charge in [-0.3, -0.25) is 0 Å². The van der Waals surface area contributed by atoms with E-state index in [-0.39, 0.29) is 30.0 Å². The van der Waals surface area contributed by atoms with Crippen molar-refractivity contribution in [2.24, 2.45) is 0 Å². The van der Waals surface area contributed by atoms with Crippen LogP contribution in [-0.4, -0.2) is 17.3 Å². The van der Waals surface area contributed by atoms with Gasteiger partial charge in [0.25, 0.3) is 0 Å². The van der Waals surface area contributed by atoms with E-state index in [9.17, 15) is 4.55 Å². The van der Waals surface area contributed by atoms with E-state index in [0.29, 0.717) is 0 Å². The molecule has 0 aliphatic carbocycles. The van der Waals surface area contributed by atoms with Crippen molar-refractivity contribution >= 4 is 82.0 Å². The first-order chi connectivity index (χ1) is 6.91. The van der Waals surface area contributed by atoms with E-state index in [1.54, 1.807) is 0 Å². The van der Waals surface area contributed by atoms with Gasteiger partial charge in [-0.05, 0) is 0 Å². The van der Waals surface area contributed by atoms with E-state index >= 15 is 0 Å². The molecule has 80 valence electrons. The molecule has 0 saturated carbocycles. The molecule has 15 heavy (non-hydrogen) atoms. The molecule has 0 bridgehead atoms. The molecule has 1 unspecified atom stereocenters. The molecule has 0 spiro atoms. The van der Waals surface area contributed by atoms with Gasteiger partial charge in [0.1, 0.15) is 0 Å². The van der Waals surface area contributed by atoms with Crippen molar-refractivity contribution in [1.82, 2.24) is 0 Å². The van der Waals surface area contributed by atoms with Crippen molar-refractivity contribution in [2.45, 2.75) is 4.90 Å². The molecule has 0 aliphatic rings. The quantitative estimate of drug-likeness (QED) is 0.352. The van der Waals surface area contributed by atoms with Crippen LogP contribution in [0.15, 0.2) is 4.90 Å². The summed E-state index contributed by atoms with van der Waals surface area (Å²) in [6.07, 6.45) is 0. The van der Waals surface area contributed by atoms with E-state index in [2.05, 4.69) is 7.49 Å². The van der Waals surface area contributed by atoms with Crippen LogP contribution in [0.2, 0.25) is 25.1 Å². The molecule has 0 fully saturated rings. The van der Waals surface area contributed by atoms with Gasteiger partial charge in [0, 0.05) is 0 Å². The average molecular weight is 322 g/mol. The van der Waals surface area contributed by atoms with Gasteiger partial charge in [0.15, 0.2) is 0 Å². The molecular weight excluding hydrogens is 320 g/mol. The third-order valence-corrected chi connectivity index (χ3v) is 5.14. The van der Waals surface area contributed by atoms with Crippen LogP contribution in [0.5, 0.6) is 0 Å². The molecule has 1 aromatic carbocycles. The minimum absolute atomic E-state index is 0.0225. The Balaban J connectivity index is 3.59. The van der Waals surface area contributed by atoms with Crippen molar-refractivity contribution in [3.05, 3.63) is 25.1 Å². The average Bonchev–Trinajstić information content (AvgIpc) is 2.23. The minimum atomic E-state index is -1.57. The Morgan fingerprint density at radius 2 is 1.20 bits per heavy atom. The summed E-state index contributed by atoms with van der Waals surface area (Å²) in [5.41, 5.74) is 0. The summed E-state index contributed by atoms with van der Waals surface area (Å²) in [5.74, 6) is 0. The number of benzene rings is 1. The van der Waals surface area contributed by atoms with E-state index in [1.165, 1.54) is 5.30 Å². The first-order valence-corrected chi connectivity index (χ1v) is 6.56. The molecule has 0 aromatic heterocycles. The van der Waals surface area contributed by atoms with Gasteiger partial charge in [-0.15, -0.1) is 0 Å². The molecule has 0 aliphatic heterocycles. The van der Waals surface area contributed by atoms with Gasteiger partial charge >= 0.3 is 117 Å². The molecule has 1 atom stereocenters. The number of hydrogen-bond donors (Lipinski definition) is 0. The summed E-state index contributed by atoms with van der Waals surface area (Å²) in [6, 6.07) is 0. The molecule has 8 heteroatoms. The molecule has 0 saturated heterocycles. The molecule has 0 amide bonds.